The minimum atomic E-state index is 0.263. The first-order valence-electron chi connectivity index (χ1n) is 6.42. The maximum absolute atomic E-state index is 6.17. The van der Waals surface area contributed by atoms with Crippen LogP contribution in [0.15, 0.2) is 22.0 Å². The Balaban J connectivity index is 2.29. The molecule has 104 valence electrons. The Bertz CT molecular complexity index is 516. The average molecular weight is 379 g/mol. The zero-order chi connectivity index (χ0) is 13.8. The molecule has 19 heavy (non-hydrogen) atoms. The van der Waals surface area contributed by atoms with E-state index in [-0.39, 0.29) is 6.04 Å². The van der Waals surface area contributed by atoms with Gasteiger partial charge in [-0.2, -0.15) is 0 Å². The van der Waals surface area contributed by atoms with Gasteiger partial charge in [0.1, 0.15) is 0 Å². The van der Waals surface area contributed by atoms with Crippen molar-refractivity contribution < 1.29 is 0 Å². The van der Waals surface area contributed by atoms with Gasteiger partial charge < -0.3 is 5.32 Å². The van der Waals surface area contributed by atoms with Crippen LogP contribution in [-0.2, 0) is 6.42 Å². The van der Waals surface area contributed by atoms with Crippen molar-refractivity contribution in [3.63, 3.8) is 0 Å². The van der Waals surface area contributed by atoms with E-state index in [2.05, 4.69) is 53.3 Å². The molecule has 5 heteroatoms. The van der Waals surface area contributed by atoms with E-state index in [9.17, 15) is 0 Å². The molecule has 0 bridgehead atoms. The largest absolute Gasteiger partial charge is 0.305 e. The van der Waals surface area contributed by atoms with Gasteiger partial charge in [-0.15, -0.1) is 22.7 Å². The van der Waals surface area contributed by atoms with Crippen LogP contribution in [0.3, 0.4) is 0 Å². The van der Waals surface area contributed by atoms with Gasteiger partial charge in [0.05, 0.1) is 14.9 Å². The van der Waals surface area contributed by atoms with Crippen molar-refractivity contribution in [3.05, 3.63) is 41.6 Å². The third-order valence-electron chi connectivity index (χ3n) is 2.86. The van der Waals surface area contributed by atoms with E-state index < -0.39 is 0 Å². The summed E-state index contributed by atoms with van der Waals surface area (Å²) >= 11 is 13.3. The molecule has 2 rings (SSSR count). The molecule has 0 spiro atoms. The molecule has 0 amide bonds. The average Bonchev–Trinajstić information content (AvgIpc) is 2.98. The van der Waals surface area contributed by atoms with E-state index in [1.54, 1.807) is 11.3 Å². The summed E-state index contributed by atoms with van der Waals surface area (Å²) in [6, 6.07) is 6.79. The van der Waals surface area contributed by atoms with Gasteiger partial charge in [-0.25, -0.2) is 0 Å². The van der Waals surface area contributed by atoms with Crippen LogP contribution in [0.4, 0.5) is 0 Å². The number of hydrogen-bond donors (Lipinski definition) is 1. The number of rotatable bonds is 6. The highest BCUT2D eigenvalue weighted by atomic mass is 79.9. The fourth-order valence-electron chi connectivity index (χ4n) is 1.88. The molecule has 0 saturated carbocycles. The number of halogens is 2. The molecule has 1 nitrogen and oxygen atoms in total. The minimum Gasteiger partial charge on any atom is -0.305 e. The summed E-state index contributed by atoms with van der Waals surface area (Å²) in [5, 5.41) is 4.42. The number of aryl methyl sites for hydroxylation is 1. The molecule has 2 aromatic rings. The van der Waals surface area contributed by atoms with Crippen molar-refractivity contribution in [2.45, 2.75) is 32.7 Å². The van der Waals surface area contributed by atoms with Crippen molar-refractivity contribution >= 4 is 50.2 Å². The fraction of sp³-hybridized carbons (Fsp3) is 0.429. The third kappa shape index (κ3) is 3.82. The first kappa shape index (κ1) is 15.5. The van der Waals surface area contributed by atoms with Crippen LogP contribution in [0.5, 0.6) is 0 Å². The number of hydrogen-bond acceptors (Lipinski definition) is 3. The molecule has 0 saturated heterocycles. The van der Waals surface area contributed by atoms with Gasteiger partial charge in [0.2, 0.25) is 0 Å². The lowest BCUT2D eigenvalue weighted by atomic mass is 10.2. The van der Waals surface area contributed by atoms with Crippen LogP contribution in [0.25, 0.3) is 0 Å². The van der Waals surface area contributed by atoms with Crippen LogP contribution >= 0.6 is 50.2 Å². The lowest BCUT2D eigenvalue weighted by Crippen LogP contribution is -2.21. The maximum atomic E-state index is 6.17. The van der Waals surface area contributed by atoms with Crippen molar-refractivity contribution in [1.82, 2.24) is 5.32 Å². The van der Waals surface area contributed by atoms with Gasteiger partial charge in [-0.1, -0.05) is 25.4 Å². The molecule has 0 aliphatic heterocycles. The third-order valence-corrected chi connectivity index (χ3v) is 6.70. The highest BCUT2D eigenvalue weighted by Gasteiger charge is 2.19. The van der Waals surface area contributed by atoms with Crippen LogP contribution in [-0.4, -0.2) is 6.54 Å². The monoisotopic (exact) mass is 377 g/mol. The van der Waals surface area contributed by atoms with Gasteiger partial charge in [0.15, 0.2) is 0 Å². The molecule has 0 radical (unpaired) electrons. The zero-order valence-corrected chi connectivity index (χ0v) is 15.0. The van der Waals surface area contributed by atoms with E-state index in [0.29, 0.717) is 0 Å². The summed E-state index contributed by atoms with van der Waals surface area (Å²) < 4.78 is 1.01. The molecule has 2 heterocycles. The normalized spacial score (nSPS) is 12.8. The van der Waals surface area contributed by atoms with Crippen LogP contribution in [0.1, 0.15) is 40.9 Å². The predicted molar refractivity (Wildman–Crippen MR) is 90.9 cm³/mol. The first-order valence-corrected chi connectivity index (χ1v) is 9.22. The van der Waals surface area contributed by atoms with E-state index in [1.807, 2.05) is 11.3 Å². The SMILES string of the molecule is CCCNC(c1ccc(CC)s1)c1cc(Cl)c(Br)s1. The fourth-order valence-corrected chi connectivity index (χ4v) is 4.84. The van der Waals surface area contributed by atoms with Crippen molar-refractivity contribution in [2.24, 2.45) is 0 Å². The molecule has 0 fully saturated rings. The molecule has 2 aromatic heterocycles. The summed E-state index contributed by atoms with van der Waals surface area (Å²) in [7, 11) is 0. The molecular weight excluding hydrogens is 362 g/mol. The summed E-state index contributed by atoms with van der Waals surface area (Å²) in [5.74, 6) is 0. The molecule has 1 N–H and O–H groups in total. The molecule has 0 aromatic carbocycles. The Hall–Kier alpha value is 0.130. The Morgan fingerprint density at radius 2 is 2.05 bits per heavy atom. The smallest absolute Gasteiger partial charge is 0.0888 e. The summed E-state index contributed by atoms with van der Waals surface area (Å²) in [6.45, 7) is 5.40. The molecule has 0 aliphatic rings. The second-order valence-electron chi connectivity index (χ2n) is 4.32. The van der Waals surface area contributed by atoms with Crippen LogP contribution in [0, 0.1) is 0 Å². The Morgan fingerprint density at radius 1 is 1.26 bits per heavy atom. The Kier molecular flexibility index (Phi) is 5.90. The summed E-state index contributed by atoms with van der Waals surface area (Å²) in [5.41, 5.74) is 0. The number of nitrogens with one attached hydrogen (secondary N) is 1. The second kappa shape index (κ2) is 7.23. The Morgan fingerprint density at radius 3 is 2.58 bits per heavy atom. The van der Waals surface area contributed by atoms with Crippen molar-refractivity contribution in [1.29, 1.82) is 0 Å². The minimum absolute atomic E-state index is 0.263. The van der Waals surface area contributed by atoms with E-state index >= 15 is 0 Å². The van der Waals surface area contributed by atoms with Crippen molar-refractivity contribution in [2.75, 3.05) is 6.54 Å². The van der Waals surface area contributed by atoms with Gasteiger partial charge in [-0.05, 0) is 53.5 Å². The van der Waals surface area contributed by atoms with E-state index in [1.165, 1.54) is 14.6 Å². The van der Waals surface area contributed by atoms with Crippen molar-refractivity contribution in [3.8, 4) is 0 Å². The van der Waals surface area contributed by atoms with Crippen LogP contribution < -0.4 is 5.32 Å². The highest BCUT2D eigenvalue weighted by molar-refractivity contribution is 9.11. The first-order chi connectivity index (χ1) is 9.15. The van der Waals surface area contributed by atoms with E-state index in [0.717, 1.165) is 28.2 Å². The number of thiophene rings is 2. The highest BCUT2D eigenvalue weighted by Crippen LogP contribution is 2.39. The summed E-state index contributed by atoms with van der Waals surface area (Å²) in [4.78, 5) is 4.07. The molecule has 1 atom stereocenters. The second-order valence-corrected chi connectivity index (χ2v) is 8.32. The van der Waals surface area contributed by atoms with Gasteiger partial charge in [-0.3, -0.25) is 0 Å². The van der Waals surface area contributed by atoms with Gasteiger partial charge >= 0.3 is 0 Å². The lowest BCUT2D eigenvalue weighted by Gasteiger charge is -2.15. The van der Waals surface area contributed by atoms with Gasteiger partial charge in [0, 0.05) is 14.6 Å². The molecule has 0 aliphatic carbocycles. The summed E-state index contributed by atoms with van der Waals surface area (Å²) in [6.07, 6.45) is 2.23. The lowest BCUT2D eigenvalue weighted by molar-refractivity contribution is 0.613. The molecular formula is C14H17BrClNS2. The zero-order valence-electron chi connectivity index (χ0n) is 11.0. The maximum Gasteiger partial charge on any atom is 0.0888 e. The quantitative estimate of drug-likeness (QED) is 0.662. The van der Waals surface area contributed by atoms with Gasteiger partial charge in [0.25, 0.3) is 0 Å². The standard InChI is InChI=1S/C14H17BrClNS2/c1-3-7-17-13(11-6-5-9(4-2)18-11)12-8-10(16)14(15)19-12/h5-6,8,13,17H,3-4,7H2,1-2H3. The van der Waals surface area contributed by atoms with E-state index in [4.69, 9.17) is 11.6 Å². The predicted octanol–water partition coefficient (Wildman–Crippen LogP) is 5.88. The Labute approximate surface area is 136 Å². The molecule has 1 unspecified atom stereocenters. The topological polar surface area (TPSA) is 12.0 Å². The van der Waals surface area contributed by atoms with Crippen LogP contribution in [0.2, 0.25) is 5.02 Å².